The molecule has 0 amide bonds. The molecular formula is C7H6F3NO4S. The Morgan fingerprint density at radius 3 is 2.31 bits per heavy atom. The van der Waals surface area contributed by atoms with Gasteiger partial charge in [-0.15, -0.1) is 0 Å². The van der Waals surface area contributed by atoms with Crippen molar-refractivity contribution in [3.8, 4) is 5.75 Å². The summed E-state index contributed by atoms with van der Waals surface area (Å²) in [5, 5.41) is 0. The number of halogens is 3. The highest BCUT2D eigenvalue weighted by Gasteiger charge is 2.33. The summed E-state index contributed by atoms with van der Waals surface area (Å²) in [6, 6.07) is 2.09. The fraction of sp³-hybridized carbons (Fsp3) is 0.143. The van der Waals surface area contributed by atoms with Crippen molar-refractivity contribution in [3.05, 3.63) is 23.8 Å². The van der Waals surface area contributed by atoms with Gasteiger partial charge in [0.05, 0.1) is 5.56 Å². The first kappa shape index (κ1) is 12.6. The second-order valence-electron chi connectivity index (χ2n) is 2.76. The Morgan fingerprint density at radius 2 is 1.88 bits per heavy atom. The van der Waals surface area contributed by atoms with E-state index < -0.39 is 33.6 Å². The molecule has 90 valence electrons. The van der Waals surface area contributed by atoms with Crippen LogP contribution in [0.1, 0.15) is 5.56 Å². The zero-order valence-corrected chi connectivity index (χ0v) is 8.34. The molecular weight excluding hydrogens is 251 g/mol. The molecule has 0 heterocycles. The van der Waals surface area contributed by atoms with Crippen molar-refractivity contribution < 1.29 is 30.3 Å². The Labute approximate surface area is 88.6 Å². The van der Waals surface area contributed by atoms with Gasteiger partial charge in [0.1, 0.15) is 5.75 Å². The number of hydrogen-bond donors (Lipinski definition) is 2. The molecule has 0 aliphatic heterocycles. The minimum absolute atomic E-state index is 0.378. The van der Waals surface area contributed by atoms with Gasteiger partial charge in [0, 0.05) is 5.69 Å². The Kier molecular flexibility index (Phi) is 3.01. The number of anilines is 1. The van der Waals surface area contributed by atoms with Crippen LogP contribution >= 0.6 is 0 Å². The summed E-state index contributed by atoms with van der Waals surface area (Å²) in [6.45, 7) is 0. The maximum Gasteiger partial charge on any atom is 0.446 e. The van der Waals surface area contributed by atoms with Crippen molar-refractivity contribution in [3.63, 3.8) is 0 Å². The molecule has 3 N–H and O–H groups in total. The lowest BCUT2D eigenvalue weighted by atomic mass is 10.1. The molecule has 0 bridgehead atoms. The van der Waals surface area contributed by atoms with E-state index in [0.717, 1.165) is 12.1 Å². The summed E-state index contributed by atoms with van der Waals surface area (Å²) >= 11 is 0. The normalized spacial score (nSPS) is 12.5. The fourth-order valence-corrected chi connectivity index (χ4v) is 1.30. The van der Waals surface area contributed by atoms with Gasteiger partial charge in [-0.3, -0.25) is 4.55 Å². The van der Waals surface area contributed by atoms with Crippen LogP contribution in [0.4, 0.5) is 18.9 Å². The molecule has 0 aromatic heterocycles. The van der Waals surface area contributed by atoms with Gasteiger partial charge in [-0.05, 0) is 18.2 Å². The second-order valence-corrected chi connectivity index (χ2v) is 3.78. The third-order valence-electron chi connectivity index (χ3n) is 1.53. The van der Waals surface area contributed by atoms with Crippen molar-refractivity contribution >= 4 is 16.1 Å². The molecule has 0 fully saturated rings. The lowest BCUT2D eigenvalue weighted by Crippen LogP contribution is -2.11. The van der Waals surface area contributed by atoms with E-state index in [1.807, 2.05) is 0 Å². The highest BCUT2D eigenvalue weighted by molar-refractivity contribution is 7.81. The van der Waals surface area contributed by atoms with Crippen molar-refractivity contribution in [2.45, 2.75) is 6.18 Å². The van der Waals surface area contributed by atoms with Gasteiger partial charge in [-0.1, -0.05) is 0 Å². The number of benzene rings is 1. The van der Waals surface area contributed by atoms with E-state index in [9.17, 15) is 21.6 Å². The first-order chi connectivity index (χ1) is 7.09. The minimum Gasteiger partial charge on any atom is -0.398 e. The van der Waals surface area contributed by atoms with Crippen LogP contribution in [0.5, 0.6) is 5.75 Å². The maximum absolute atomic E-state index is 12.3. The zero-order valence-electron chi connectivity index (χ0n) is 7.52. The third kappa shape index (κ3) is 3.28. The molecule has 0 spiro atoms. The van der Waals surface area contributed by atoms with Gasteiger partial charge in [0.25, 0.3) is 0 Å². The third-order valence-corrected chi connectivity index (χ3v) is 1.93. The van der Waals surface area contributed by atoms with Crippen LogP contribution in [0.3, 0.4) is 0 Å². The van der Waals surface area contributed by atoms with Crippen LogP contribution in [0.15, 0.2) is 18.2 Å². The molecule has 1 aromatic rings. The van der Waals surface area contributed by atoms with E-state index >= 15 is 0 Å². The van der Waals surface area contributed by atoms with Gasteiger partial charge < -0.3 is 9.92 Å². The second kappa shape index (κ2) is 3.83. The molecule has 0 radical (unpaired) electrons. The molecule has 0 unspecified atom stereocenters. The highest BCUT2D eigenvalue weighted by Crippen LogP contribution is 2.35. The molecule has 0 saturated heterocycles. The van der Waals surface area contributed by atoms with Gasteiger partial charge >= 0.3 is 16.6 Å². The molecule has 0 saturated carbocycles. The Bertz CT molecular complexity index is 497. The summed E-state index contributed by atoms with van der Waals surface area (Å²) in [5.74, 6) is -0.677. The van der Waals surface area contributed by atoms with Crippen LogP contribution in [0.25, 0.3) is 0 Å². The standard InChI is InChI=1S/C7H6F3NO4S/c8-7(9,10)5-3-4(1-2-6(5)11)15-16(12,13)14/h1-3H,11H2,(H,12,13,14). The van der Waals surface area contributed by atoms with Crippen LogP contribution in [0.2, 0.25) is 0 Å². The Morgan fingerprint density at radius 1 is 1.31 bits per heavy atom. The molecule has 16 heavy (non-hydrogen) atoms. The first-order valence-corrected chi connectivity index (χ1v) is 5.10. The molecule has 0 aliphatic rings. The largest absolute Gasteiger partial charge is 0.446 e. The molecule has 9 heteroatoms. The molecule has 1 aromatic carbocycles. The molecule has 1 rings (SSSR count). The maximum atomic E-state index is 12.3. The summed E-state index contributed by atoms with van der Waals surface area (Å²) in [7, 11) is -4.86. The topological polar surface area (TPSA) is 89.6 Å². The predicted molar refractivity (Wildman–Crippen MR) is 48.0 cm³/mol. The van der Waals surface area contributed by atoms with Crippen molar-refractivity contribution in [2.24, 2.45) is 0 Å². The lowest BCUT2D eigenvalue weighted by Gasteiger charge is -2.11. The lowest BCUT2D eigenvalue weighted by molar-refractivity contribution is -0.137. The van der Waals surface area contributed by atoms with Crippen LogP contribution < -0.4 is 9.92 Å². The van der Waals surface area contributed by atoms with Gasteiger partial charge in [-0.2, -0.15) is 21.6 Å². The zero-order chi connectivity index (χ0) is 12.6. The monoisotopic (exact) mass is 257 g/mol. The smallest absolute Gasteiger partial charge is 0.398 e. The molecule has 5 nitrogen and oxygen atoms in total. The summed E-state index contributed by atoms with van der Waals surface area (Å²) in [4.78, 5) is 0. The van der Waals surface area contributed by atoms with Crippen molar-refractivity contribution in [1.82, 2.24) is 0 Å². The van der Waals surface area contributed by atoms with E-state index in [0.29, 0.717) is 6.07 Å². The SMILES string of the molecule is Nc1ccc(OS(=O)(=O)O)cc1C(F)(F)F. The van der Waals surface area contributed by atoms with E-state index in [1.165, 1.54) is 0 Å². The van der Waals surface area contributed by atoms with Crippen LogP contribution in [-0.2, 0) is 16.6 Å². The number of rotatable bonds is 2. The van der Waals surface area contributed by atoms with Crippen LogP contribution in [0, 0.1) is 0 Å². The quantitative estimate of drug-likeness (QED) is 0.618. The fourth-order valence-electron chi connectivity index (χ4n) is 0.954. The van der Waals surface area contributed by atoms with Crippen molar-refractivity contribution in [1.29, 1.82) is 0 Å². The van der Waals surface area contributed by atoms with Gasteiger partial charge in [0.2, 0.25) is 0 Å². The number of nitrogens with two attached hydrogens (primary N) is 1. The van der Waals surface area contributed by atoms with Crippen molar-refractivity contribution in [2.75, 3.05) is 5.73 Å². The number of hydrogen-bond acceptors (Lipinski definition) is 4. The molecule has 0 atom stereocenters. The minimum atomic E-state index is -4.86. The van der Waals surface area contributed by atoms with E-state index in [-0.39, 0.29) is 0 Å². The van der Waals surface area contributed by atoms with Crippen LogP contribution in [-0.4, -0.2) is 13.0 Å². The summed E-state index contributed by atoms with van der Waals surface area (Å²) in [6.07, 6.45) is -4.73. The van der Waals surface area contributed by atoms with E-state index in [4.69, 9.17) is 10.3 Å². The summed E-state index contributed by atoms with van der Waals surface area (Å²) in [5.41, 5.74) is 3.24. The average Bonchev–Trinajstić information content (AvgIpc) is 2.04. The van der Waals surface area contributed by atoms with Gasteiger partial charge in [-0.25, -0.2) is 0 Å². The average molecular weight is 257 g/mol. The number of alkyl halides is 3. The molecule has 0 aliphatic carbocycles. The Hall–Kier alpha value is -1.48. The first-order valence-electron chi connectivity index (χ1n) is 3.73. The predicted octanol–water partition coefficient (Wildman–Crippen LogP) is 1.47. The highest BCUT2D eigenvalue weighted by atomic mass is 32.3. The van der Waals surface area contributed by atoms with E-state index in [1.54, 1.807) is 0 Å². The summed E-state index contributed by atoms with van der Waals surface area (Å²) < 4.78 is 69.6. The Balaban J connectivity index is 3.18. The van der Waals surface area contributed by atoms with E-state index in [2.05, 4.69) is 4.18 Å². The number of nitrogen functional groups attached to an aromatic ring is 1. The van der Waals surface area contributed by atoms with Gasteiger partial charge in [0.15, 0.2) is 0 Å².